The van der Waals surface area contributed by atoms with Gasteiger partial charge in [-0.15, -0.1) is 0 Å². The highest BCUT2D eigenvalue weighted by Gasteiger charge is 2.31. The van der Waals surface area contributed by atoms with E-state index in [1.165, 1.54) is 44.2 Å². The predicted octanol–water partition coefficient (Wildman–Crippen LogP) is 8.10. The van der Waals surface area contributed by atoms with Gasteiger partial charge in [0.1, 0.15) is 16.8 Å². The molecule has 5 aromatic carbocycles. The van der Waals surface area contributed by atoms with Crippen LogP contribution in [0, 0.1) is 20.8 Å². The number of nitrogens with zero attached hydrogens (tertiary/aromatic N) is 2. The van der Waals surface area contributed by atoms with Crippen molar-refractivity contribution in [2.75, 3.05) is 0 Å². The number of para-hydroxylation sites is 3. The molecular formula is C33H27N2O+. The van der Waals surface area contributed by atoms with Crippen LogP contribution in [0.3, 0.4) is 0 Å². The zero-order valence-corrected chi connectivity index (χ0v) is 21.0. The SMILES string of the molecule is Cc1cccc(C)c1-n1c(-c2c(C)ccc3c2oc2cc4ccccc4cc23)[n+](C)c2ccccc21. The first-order valence-corrected chi connectivity index (χ1v) is 12.4. The molecule has 0 saturated carbocycles. The summed E-state index contributed by atoms with van der Waals surface area (Å²) >= 11 is 0. The summed E-state index contributed by atoms with van der Waals surface area (Å²) in [5.74, 6) is 1.13. The van der Waals surface area contributed by atoms with Gasteiger partial charge in [0, 0.05) is 10.8 Å². The van der Waals surface area contributed by atoms with Gasteiger partial charge >= 0.3 is 0 Å². The number of hydrogen-bond acceptors (Lipinski definition) is 1. The molecule has 0 aliphatic heterocycles. The molecule has 0 unspecified atom stereocenters. The predicted molar refractivity (Wildman–Crippen MR) is 149 cm³/mol. The zero-order chi connectivity index (χ0) is 24.6. The molecule has 3 nitrogen and oxygen atoms in total. The second kappa shape index (κ2) is 7.56. The van der Waals surface area contributed by atoms with Crippen LogP contribution in [0.25, 0.3) is 60.8 Å². The first-order valence-electron chi connectivity index (χ1n) is 12.4. The standard InChI is InChI=1S/C33H27N2O/c1-20-16-17-25-26-18-23-12-5-6-13-24(23)19-29(26)36-32(25)30(20)33-34(4)27-14-7-8-15-28(27)35(33)31-21(2)10-9-11-22(31)3/h5-19H,1-4H3/q+1. The Bertz CT molecular complexity index is 1970. The van der Waals surface area contributed by atoms with E-state index in [2.05, 4.69) is 128 Å². The fourth-order valence-corrected chi connectivity index (χ4v) is 5.88. The molecule has 7 rings (SSSR count). The molecule has 0 bridgehead atoms. The van der Waals surface area contributed by atoms with E-state index in [-0.39, 0.29) is 0 Å². The van der Waals surface area contributed by atoms with E-state index in [1.807, 2.05) is 0 Å². The lowest BCUT2D eigenvalue weighted by Crippen LogP contribution is -2.30. The van der Waals surface area contributed by atoms with Crippen molar-refractivity contribution in [3.8, 4) is 17.1 Å². The molecule has 0 aliphatic rings. The minimum atomic E-state index is 0.924. The number of fused-ring (bicyclic) bond motifs is 5. The molecule has 7 aromatic rings. The summed E-state index contributed by atoms with van der Waals surface area (Å²) < 4.78 is 11.4. The number of furan rings is 1. The fraction of sp³-hybridized carbons (Fsp3) is 0.121. The van der Waals surface area contributed by atoms with E-state index in [4.69, 9.17) is 4.42 Å². The Morgan fingerprint density at radius 3 is 2.14 bits per heavy atom. The van der Waals surface area contributed by atoms with Gasteiger partial charge < -0.3 is 4.42 Å². The van der Waals surface area contributed by atoms with E-state index in [0.29, 0.717) is 0 Å². The van der Waals surface area contributed by atoms with E-state index >= 15 is 0 Å². The third-order valence-electron chi connectivity index (χ3n) is 7.62. The van der Waals surface area contributed by atoms with Crippen molar-refractivity contribution in [3.63, 3.8) is 0 Å². The van der Waals surface area contributed by atoms with Crippen LogP contribution in [0.1, 0.15) is 16.7 Å². The number of hydrogen-bond donors (Lipinski definition) is 0. The van der Waals surface area contributed by atoms with E-state index in [0.717, 1.165) is 33.3 Å². The molecule has 0 aliphatic carbocycles. The molecule has 174 valence electrons. The van der Waals surface area contributed by atoms with E-state index in [9.17, 15) is 0 Å². The summed E-state index contributed by atoms with van der Waals surface area (Å²) in [7, 11) is 2.16. The maximum absolute atomic E-state index is 6.70. The summed E-state index contributed by atoms with van der Waals surface area (Å²) in [4.78, 5) is 0. The van der Waals surface area contributed by atoms with Crippen molar-refractivity contribution in [3.05, 3.63) is 108 Å². The van der Waals surface area contributed by atoms with Crippen molar-refractivity contribution in [1.29, 1.82) is 0 Å². The van der Waals surface area contributed by atoms with Crippen LogP contribution in [0.4, 0.5) is 0 Å². The van der Waals surface area contributed by atoms with Crippen molar-refractivity contribution in [1.82, 2.24) is 4.57 Å². The second-order valence-corrected chi connectivity index (χ2v) is 9.88. The number of benzene rings is 5. The average Bonchev–Trinajstić information content (AvgIpc) is 3.37. The Labute approximate surface area is 209 Å². The fourth-order valence-electron chi connectivity index (χ4n) is 5.88. The minimum absolute atomic E-state index is 0.924. The molecule has 0 N–H and O–H groups in total. The van der Waals surface area contributed by atoms with Gasteiger partial charge in [-0.25, -0.2) is 4.57 Å². The molecule has 0 amide bonds. The van der Waals surface area contributed by atoms with Gasteiger partial charge in [-0.3, -0.25) is 0 Å². The van der Waals surface area contributed by atoms with Crippen LogP contribution in [-0.4, -0.2) is 4.57 Å². The highest BCUT2D eigenvalue weighted by Crippen LogP contribution is 2.40. The normalized spacial score (nSPS) is 11.9. The molecule has 0 saturated heterocycles. The average molecular weight is 468 g/mol. The molecule has 0 radical (unpaired) electrons. The molecule has 36 heavy (non-hydrogen) atoms. The Morgan fingerprint density at radius 1 is 0.667 bits per heavy atom. The Balaban J connectivity index is 1.66. The maximum atomic E-state index is 6.70. The van der Waals surface area contributed by atoms with Crippen LogP contribution in [0.5, 0.6) is 0 Å². The van der Waals surface area contributed by atoms with Crippen LogP contribution in [-0.2, 0) is 7.05 Å². The third-order valence-corrected chi connectivity index (χ3v) is 7.62. The summed E-state index contributed by atoms with van der Waals surface area (Å²) in [5, 5.41) is 4.72. The van der Waals surface area contributed by atoms with Gasteiger partial charge in [-0.2, -0.15) is 4.57 Å². The number of rotatable bonds is 2. The van der Waals surface area contributed by atoms with Gasteiger partial charge in [0.15, 0.2) is 16.6 Å². The highest BCUT2D eigenvalue weighted by molar-refractivity contribution is 6.13. The Hall–Kier alpha value is -4.37. The summed E-state index contributed by atoms with van der Waals surface area (Å²) in [6, 6.07) is 32.5. The molecule has 0 atom stereocenters. The molecule has 2 aromatic heterocycles. The van der Waals surface area contributed by atoms with Gasteiger partial charge in [0.05, 0.1) is 7.05 Å². The van der Waals surface area contributed by atoms with Crippen molar-refractivity contribution < 1.29 is 8.98 Å². The first kappa shape index (κ1) is 21.0. The van der Waals surface area contributed by atoms with Gasteiger partial charge in [-0.05, 0) is 72.5 Å². The maximum Gasteiger partial charge on any atom is 0.299 e. The van der Waals surface area contributed by atoms with Gasteiger partial charge in [0.25, 0.3) is 5.82 Å². The lowest BCUT2D eigenvalue weighted by atomic mass is 10.0. The second-order valence-electron chi connectivity index (χ2n) is 9.88. The molecule has 0 spiro atoms. The largest absolute Gasteiger partial charge is 0.455 e. The van der Waals surface area contributed by atoms with Crippen LogP contribution in [0.2, 0.25) is 0 Å². The smallest absolute Gasteiger partial charge is 0.299 e. The van der Waals surface area contributed by atoms with E-state index in [1.54, 1.807) is 0 Å². The lowest BCUT2D eigenvalue weighted by Gasteiger charge is -2.11. The molecule has 2 heterocycles. The van der Waals surface area contributed by atoms with Crippen LogP contribution in [0.15, 0.2) is 95.4 Å². The molecule has 3 heteroatoms. The monoisotopic (exact) mass is 467 g/mol. The highest BCUT2D eigenvalue weighted by atomic mass is 16.3. The van der Waals surface area contributed by atoms with Gasteiger partial charge in [-0.1, -0.05) is 66.7 Å². The van der Waals surface area contributed by atoms with Gasteiger partial charge in [0.2, 0.25) is 0 Å². The summed E-state index contributed by atoms with van der Waals surface area (Å²) in [5.41, 5.74) is 10.3. The molecule has 0 fully saturated rings. The first-order chi connectivity index (χ1) is 17.5. The van der Waals surface area contributed by atoms with Crippen molar-refractivity contribution in [2.24, 2.45) is 7.05 Å². The van der Waals surface area contributed by atoms with Crippen molar-refractivity contribution in [2.45, 2.75) is 20.8 Å². The third kappa shape index (κ3) is 2.83. The lowest BCUT2D eigenvalue weighted by molar-refractivity contribution is -0.633. The number of aryl methyl sites for hydroxylation is 4. The van der Waals surface area contributed by atoms with Crippen LogP contribution < -0.4 is 4.57 Å². The Morgan fingerprint density at radius 2 is 1.36 bits per heavy atom. The number of imidazole rings is 1. The van der Waals surface area contributed by atoms with Crippen LogP contribution >= 0.6 is 0 Å². The Kier molecular flexibility index (Phi) is 4.40. The topological polar surface area (TPSA) is 21.9 Å². The van der Waals surface area contributed by atoms with E-state index < -0.39 is 0 Å². The summed E-state index contributed by atoms with van der Waals surface area (Å²) in [6.07, 6.45) is 0. The van der Waals surface area contributed by atoms with Crippen molar-refractivity contribution >= 4 is 43.7 Å². The summed E-state index contributed by atoms with van der Waals surface area (Å²) in [6.45, 7) is 6.58. The zero-order valence-electron chi connectivity index (χ0n) is 21.0. The minimum Gasteiger partial charge on any atom is -0.455 e. The number of aromatic nitrogens is 2. The molecular weight excluding hydrogens is 440 g/mol. The quantitative estimate of drug-likeness (QED) is 0.235.